The van der Waals surface area contributed by atoms with Crippen LogP contribution in [0.25, 0.3) is 0 Å². The average molecular weight is 205 g/mol. The van der Waals surface area contributed by atoms with Gasteiger partial charge in [0.25, 0.3) is 0 Å². The Morgan fingerprint density at radius 2 is 2.00 bits per heavy atom. The highest BCUT2D eigenvalue weighted by atomic mass is 35.5. The van der Waals surface area contributed by atoms with Gasteiger partial charge in [-0.05, 0) is 38.0 Å². The predicted molar refractivity (Wildman–Crippen MR) is 57.3 cm³/mol. The van der Waals surface area contributed by atoms with Crippen LogP contribution in [0.1, 0.15) is 45.4 Å². The second-order valence-electron chi connectivity index (χ2n) is 3.96. The highest BCUT2D eigenvalue weighted by Gasteiger charge is 2.28. The lowest BCUT2D eigenvalue weighted by atomic mass is 10.2. The quantitative estimate of drug-likeness (QED) is 0.434. The van der Waals surface area contributed by atoms with Crippen LogP contribution in [0.5, 0.6) is 0 Å². The smallest absolute Gasteiger partial charge is 0.0466 e. The summed E-state index contributed by atoms with van der Waals surface area (Å²) in [5, 5.41) is 0.426. The fraction of sp³-hybridized carbons (Fsp3) is 1.00. The molecular weight excluding hydrogens is 184 g/mol. The van der Waals surface area contributed by atoms with E-state index in [-0.39, 0.29) is 0 Å². The number of ether oxygens (including phenoxy) is 1. The highest BCUT2D eigenvalue weighted by Crippen LogP contribution is 2.37. The van der Waals surface area contributed by atoms with Gasteiger partial charge in [0.2, 0.25) is 0 Å². The largest absolute Gasteiger partial charge is 0.381 e. The lowest BCUT2D eigenvalue weighted by Gasteiger charge is -2.07. The first-order valence-electron chi connectivity index (χ1n) is 5.56. The van der Waals surface area contributed by atoms with Gasteiger partial charge in [-0.1, -0.05) is 13.3 Å². The summed E-state index contributed by atoms with van der Waals surface area (Å²) in [6.45, 7) is 4.01. The molecule has 13 heavy (non-hydrogen) atoms. The summed E-state index contributed by atoms with van der Waals surface area (Å²) in [6.07, 6.45) is 7.38. The predicted octanol–water partition coefficient (Wildman–Crippen LogP) is 3.60. The third kappa shape index (κ3) is 5.53. The molecule has 1 aliphatic rings. The molecule has 0 radical (unpaired) electrons. The number of hydrogen-bond acceptors (Lipinski definition) is 1. The Labute approximate surface area is 86.8 Å². The van der Waals surface area contributed by atoms with Crippen LogP contribution in [0.2, 0.25) is 0 Å². The summed E-state index contributed by atoms with van der Waals surface area (Å²) < 4.78 is 5.47. The van der Waals surface area contributed by atoms with E-state index in [2.05, 4.69) is 6.92 Å². The fourth-order valence-electron chi connectivity index (χ4n) is 1.42. The van der Waals surface area contributed by atoms with E-state index >= 15 is 0 Å². The van der Waals surface area contributed by atoms with Gasteiger partial charge in [0, 0.05) is 18.6 Å². The minimum Gasteiger partial charge on any atom is -0.381 e. The van der Waals surface area contributed by atoms with Crippen LogP contribution in [0.4, 0.5) is 0 Å². The molecule has 0 aromatic heterocycles. The van der Waals surface area contributed by atoms with Gasteiger partial charge in [0.1, 0.15) is 0 Å². The van der Waals surface area contributed by atoms with Gasteiger partial charge < -0.3 is 4.74 Å². The van der Waals surface area contributed by atoms with Gasteiger partial charge in [-0.3, -0.25) is 0 Å². The van der Waals surface area contributed by atoms with E-state index in [4.69, 9.17) is 16.3 Å². The van der Waals surface area contributed by atoms with Crippen LogP contribution in [0.3, 0.4) is 0 Å². The molecule has 0 bridgehead atoms. The lowest BCUT2D eigenvalue weighted by Crippen LogP contribution is -2.04. The van der Waals surface area contributed by atoms with Crippen molar-refractivity contribution < 1.29 is 4.74 Å². The van der Waals surface area contributed by atoms with Crippen molar-refractivity contribution in [2.45, 2.75) is 50.8 Å². The molecule has 0 amide bonds. The summed E-state index contributed by atoms with van der Waals surface area (Å²) in [5.74, 6) is 0.831. The van der Waals surface area contributed by atoms with Gasteiger partial charge in [-0.15, -0.1) is 11.6 Å². The maximum atomic E-state index is 6.16. The van der Waals surface area contributed by atoms with Crippen molar-refractivity contribution >= 4 is 11.6 Å². The molecule has 78 valence electrons. The van der Waals surface area contributed by atoms with E-state index < -0.39 is 0 Å². The van der Waals surface area contributed by atoms with Crippen LogP contribution in [0.15, 0.2) is 0 Å². The first-order valence-corrected chi connectivity index (χ1v) is 6.00. The Bertz CT molecular complexity index is 123. The first kappa shape index (κ1) is 11.3. The van der Waals surface area contributed by atoms with Crippen molar-refractivity contribution in [3.63, 3.8) is 0 Å². The summed E-state index contributed by atoms with van der Waals surface area (Å²) in [4.78, 5) is 0. The van der Waals surface area contributed by atoms with Crippen molar-refractivity contribution in [2.75, 3.05) is 13.2 Å². The zero-order chi connectivity index (χ0) is 9.52. The Kier molecular flexibility index (Phi) is 5.81. The lowest BCUT2D eigenvalue weighted by molar-refractivity contribution is 0.127. The maximum Gasteiger partial charge on any atom is 0.0466 e. The summed E-state index contributed by atoms with van der Waals surface area (Å²) >= 11 is 6.16. The van der Waals surface area contributed by atoms with Crippen molar-refractivity contribution in [1.29, 1.82) is 0 Å². The SMILES string of the molecule is CCCCOCCCC(Cl)C1CC1. The number of halogens is 1. The molecule has 0 spiro atoms. The Balaban J connectivity index is 1.77. The van der Waals surface area contributed by atoms with Gasteiger partial charge in [-0.2, -0.15) is 0 Å². The minimum absolute atomic E-state index is 0.426. The number of rotatable bonds is 8. The van der Waals surface area contributed by atoms with E-state index in [9.17, 15) is 0 Å². The molecule has 1 aliphatic carbocycles. The van der Waals surface area contributed by atoms with Gasteiger partial charge in [0.15, 0.2) is 0 Å². The topological polar surface area (TPSA) is 9.23 Å². The van der Waals surface area contributed by atoms with E-state index in [1.807, 2.05) is 0 Å². The van der Waals surface area contributed by atoms with Gasteiger partial charge >= 0.3 is 0 Å². The zero-order valence-electron chi connectivity index (χ0n) is 8.60. The summed E-state index contributed by atoms with van der Waals surface area (Å²) in [7, 11) is 0. The molecule has 1 atom stereocenters. The van der Waals surface area contributed by atoms with E-state index in [0.717, 1.165) is 32.0 Å². The maximum absolute atomic E-state index is 6.16. The number of hydrogen-bond donors (Lipinski definition) is 0. The van der Waals surface area contributed by atoms with Crippen LogP contribution >= 0.6 is 11.6 Å². The van der Waals surface area contributed by atoms with Gasteiger partial charge in [0.05, 0.1) is 0 Å². The Morgan fingerprint density at radius 3 is 2.62 bits per heavy atom. The van der Waals surface area contributed by atoms with Crippen LogP contribution < -0.4 is 0 Å². The molecule has 0 heterocycles. The summed E-state index contributed by atoms with van der Waals surface area (Å²) in [6, 6.07) is 0. The van der Waals surface area contributed by atoms with Crippen LogP contribution in [0, 0.1) is 5.92 Å². The van der Waals surface area contributed by atoms with Crippen molar-refractivity contribution in [1.82, 2.24) is 0 Å². The van der Waals surface area contributed by atoms with Crippen LogP contribution in [-0.4, -0.2) is 18.6 Å². The molecular formula is C11H21ClO. The standard InChI is InChI=1S/C11H21ClO/c1-2-3-8-13-9-4-5-11(12)10-6-7-10/h10-11H,2-9H2,1H3. The second kappa shape index (κ2) is 6.67. The molecule has 1 unspecified atom stereocenters. The second-order valence-corrected chi connectivity index (χ2v) is 4.52. The van der Waals surface area contributed by atoms with E-state index in [0.29, 0.717) is 5.38 Å². The molecule has 0 aromatic rings. The summed E-state index contributed by atoms with van der Waals surface area (Å²) in [5.41, 5.74) is 0. The monoisotopic (exact) mass is 204 g/mol. The van der Waals surface area contributed by atoms with Crippen molar-refractivity contribution in [2.24, 2.45) is 5.92 Å². The third-order valence-corrected chi connectivity index (χ3v) is 3.12. The zero-order valence-corrected chi connectivity index (χ0v) is 9.35. The van der Waals surface area contributed by atoms with Crippen molar-refractivity contribution in [3.05, 3.63) is 0 Å². The highest BCUT2D eigenvalue weighted by molar-refractivity contribution is 6.20. The third-order valence-electron chi connectivity index (χ3n) is 2.54. The molecule has 1 rings (SSSR count). The molecule has 1 nitrogen and oxygen atoms in total. The van der Waals surface area contributed by atoms with Gasteiger partial charge in [-0.25, -0.2) is 0 Å². The van der Waals surface area contributed by atoms with E-state index in [1.165, 1.54) is 25.7 Å². The molecule has 0 aromatic carbocycles. The molecule has 1 fully saturated rings. The molecule has 1 saturated carbocycles. The number of alkyl halides is 1. The average Bonchev–Trinajstić information content (AvgIpc) is 2.93. The molecule has 2 heteroatoms. The Hall–Kier alpha value is 0.250. The molecule has 0 aliphatic heterocycles. The normalized spacial score (nSPS) is 18.9. The van der Waals surface area contributed by atoms with E-state index in [1.54, 1.807) is 0 Å². The molecule has 0 N–H and O–H groups in total. The number of unbranched alkanes of at least 4 members (excludes halogenated alkanes) is 1. The fourth-order valence-corrected chi connectivity index (χ4v) is 1.83. The van der Waals surface area contributed by atoms with Crippen molar-refractivity contribution in [3.8, 4) is 0 Å². The minimum atomic E-state index is 0.426. The Morgan fingerprint density at radius 1 is 1.31 bits per heavy atom. The van der Waals surface area contributed by atoms with Crippen LogP contribution in [-0.2, 0) is 4.74 Å². The molecule has 0 saturated heterocycles. The first-order chi connectivity index (χ1) is 6.34.